The summed E-state index contributed by atoms with van der Waals surface area (Å²) in [5, 5.41) is -1.46. The molecule has 2 aliphatic rings. The normalized spacial score (nSPS) is 14.2. The summed E-state index contributed by atoms with van der Waals surface area (Å²) in [6, 6.07) is 34.0. The summed E-state index contributed by atoms with van der Waals surface area (Å²) in [5.41, 5.74) is 11.4. The maximum absolute atomic E-state index is 7.76. The Morgan fingerprint density at radius 2 is 0.327 bits per heavy atom. The van der Waals surface area contributed by atoms with Gasteiger partial charge >= 0.3 is 19.5 Å². The molecule has 0 spiro atoms. The summed E-state index contributed by atoms with van der Waals surface area (Å²) < 4.78 is 62.0. The molecule has 0 saturated heterocycles. The van der Waals surface area contributed by atoms with Crippen LogP contribution in [0.25, 0.3) is 90.9 Å². The van der Waals surface area contributed by atoms with Crippen LogP contribution in [-0.2, 0) is 19.5 Å². The third-order valence-corrected chi connectivity index (χ3v) is 61.7. The van der Waals surface area contributed by atoms with E-state index in [1.807, 2.05) is 0 Å². The van der Waals surface area contributed by atoms with E-state index in [1.165, 1.54) is 0 Å². The van der Waals surface area contributed by atoms with E-state index in [2.05, 4.69) is 392 Å². The van der Waals surface area contributed by atoms with Crippen molar-refractivity contribution in [1.82, 2.24) is 19.9 Å². The molecule has 5 heterocycles. The molecule has 0 atom stereocenters. The Balaban J connectivity index is 0.0000160. The summed E-state index contributed by atoms with van der Waals surface area (Å²) in [4.78, 5) is 24.5. The molecule has 9 rings (SSSR count). The Morgan fingerprint density at radius 3 is 0.442 bits per heavy atom. The summed E-state index contributed by atoms with van der Waals surface area (Å²) >= 11 is 0. The first kappa shape index (κ1) is 92.7. The molecule has 12 nitrogen and oxygen atoms in total. The van der Waals surface area contributed by atoms with Gasteiger partial charge in [0.05, 0.1) is 45.0 Å². The van der Waals surface area contributed by atoms with Crippen LogP contribution in [0.3, 0.4) is 0 Å². The van der Waals surface area contributed by atoms with E-state index in [0.29, 0.717) is 90.8 Å². The van der Waals surface area contributed by atoms with E-state index < -0.39 is 66.5 Å². The van der Waals surface area contributed by atoms with Crippen LogP contribution < -0.4 is 45.4 Å². The van der Waals surface area contributed by atoms with Gasteiger partial charge in [-0.3, -0.25) is 0 Å². The largest absolute Gasteiger partial charge is 2.00 e. The Morgan fingerprint density at radius 1 is 0.204 bits per heavy atom. The zero-order valence-electron chi connectivity index (χ0n) is 77.3. The van der Waals surface area contributed by atoms with Gasteiger partial charge in [-0.2, -0.15) is 0 Å². The Kier molecular flexibility index (Phi) is 25.6. The number of benzene rings is 4. The third-order valence-electron chi connectivity index (χ3n) is 26.9. The maximum Gasteiger partial charge on any atom is 2.00 e. The van der Waals surface area contributed by atoms with E-state index >= 15 is 0 Å². The second-order valence-electron chi connectivity index (χ2n) is 43.8. The molecule has 0 unspecified atom stereocenters. The van der Waals surface area contributed by atoms with Crippen molar-refractivity contribution in [2.24, 2.45) is 0 Å². The average Bonchev–Trinajstić information content (AvgIpc) is 1.61. The van der Waals surface area contributed by atoms with Crippen molar-refractivity contribution < 1.29 is 54.9 Å². The number of aromatic nitrogens is 4. The van der Waals surface area contributed by atoms with Gasteiger partial charge < -0.3 is 45.4 Å². The summed E-state index contributed by atoms with van der Waals surface area (Å²) in [7, 11) is -21.2. The second kappa shape index (κ2) is 31.2. The molecule has 2 aliphatic heterocycles. The first-order chi connectivity index (χ1) is 50.6. The van der Waals surface area contributed by atoms with Gasteiger partial charge in [-0.05, 0) is 218 Å². The van der Waals surface area contributed by atoms with Gasteiger partial charge in [-0.25, -0.2) is 9.97 Å². The number of fused-ring (bicyclic) bond motifs is 8. The van der Waals surface area contributed by atoms with Gasteiger partial charge in [0, 0.05) is 22.3 Å². The quantitative estimate of drug-likeness (QED) is 0.0674. The first-order valence-electron chi connectivity index (χ1n) is 40.7. The second-order valence-corrected chi connectivity index (χ2v) is 81.6. The Bertz CT molecular complexity index is 4160. The first-order valence-corrected chi connectivity index (χ1v) is 63.9. The van der Waals surface area contributed by atoms with Gasteiger partial charge in [0.1, 0.15) is 46.0 Å². The van der Waals surface area contributed by atoms with Crippen molar-refractivity contribution in [1.29, 1.82) is 0 Å². The van der Waals surface area contributed by atoms with Crippen LogP contribution in [0.4, 0.5) is 0 Å². The Labute approximate surface area is 703 Å². The SMILES string of the molecule is CC(C)(C)[Si](C)(C)Oc1cccc(O[Si](C)(C)C(C)(C)C)c1-c1c2nc(c(-c3c(O[Si](C)(C)C(C)(C)C)cccc3O[Si](C)(C)C(C)(C)C)c3ccc([n-]3)c(-c3c(O[Si](C)(C)C(C)(C)C)cccc3O[Si](C)(C)C(C)(C)C)c3nc(c(-c4c(O[Si](C)(C)C(C)(C)C)cccc4O[Si](C)(C)C(C)(C)C)c4ccc1[n-]4)C=C3)C=C2.[Zn+2]. The summed E-state index contributed by atoms with van der Waals surface area (Å²) in [6.07, 6.45) is 8.63. The predicted octanol–water partition coefficient (Wildman–Crippen LogP) is 29.7. The van der Waals surface area contributed by atoms with Crippen LogP contribution in [0, 0.1) is 0 Å². The molecule has 21 heteroatoms. The monoisotopic (exact) mass is 1720 g/mol. The molecule has 0 amide bonds. The smallest absolute Gasteiger partial charge is 0.657 e. The van der Waals surface area contributed by atoms with E-state index in [0.717, 1.165) is 44.5 Å². The van der Waals surface area contributed by atoms with Crippen molar-refractivity contribution in [3.05, 3.63) is 120 Å². The van der Waals surface area contributed by atoms with Gasteiger partial charge in [0.25, 0.3) is 66.5 Å². The molecule has 0 N–H and O–H groups in total. The zero-order valence-corrected chi connectivity index (χ0v) is 88.3. The molecule has 4 aromatic carbocycles. The summed E-state index contributed by atoms with van der Waals surface area (Å²) in [6.45, 7) is 92.1. The average molecular weight is 1720 g/mol. The van der Waals surface area contributed by atoms with Gasteiger partial charge in [-0.1, -0.05) is 215 Å². The van der Waals surface area contributed by atoms with E-state index in [1.54, 1.807) is 0 Å². The van der Waals surface area contributed by atoms with Crippen molar-refractivity contribution >= 4 is 113 Å². The van der Waals surface area contributed by atoms with Crippen molar-refractivity contribution in [2.75, 3.05) is 0 Å². The molecule has 0 radical (unpaired) electrons. The molecule has 610 valence electrons. The van der Waals surface area contributed by atoms with E-state index in [9.17, 15) is 0 Å². The van der Waals surface area contributed by atoms with Crippen LogP contribution in [0.15, 0.2) is 97.1 Å². The van der Waals surface area contributed by atoms with Crippen molar-refractivity contribution in [3.8, 4) is 90.5 Å². The number of hydrogen-bond donors (Lipinski definition) is 0. The molecule has 0 saturated carbocycles. The minimum Gasteiger partial charge on any atom is -0.657 e. The van der Waals surface area contributed by atoms with Crippen LogP contribution in [0.5, 0.6) is 46.0 Å². The molecule has 7 aromatic rings. The van der Waals surface area contributed by atoms with Gasteiger partial charge in [-0.15, -0.1) is 22.1 Å². The third kappa shape index (κ3) is 19.0. The minimum absolute atomic E-state index is 0. The molecule has 0 fully saturated rings. The molecule has 3 aromatic heterocycles. The number of rotatable bonds is 20. The number of hydrogen-bond acceptors (Lipinski definition) is 10. The molecular formula is C92H140N4O8Si8Zn. The maximum atomic E-state index is 7.76. The fourth-order valence-corrected chi connectivity index (χ4v) is 19.5. The standard InChI is InChI=1S/C92H140N4O8Si8.Zn/c1-85(2,3)105(25,26)97-69-45-41-46-70(98-106(27,28)86(4,5)6)81(69)77-61-53-55-63(93-61)78(82-71(99-107(29,30)87(7,8)9)47-42-48-72(82)100-108(31,32)88(10,11)12)65-57-59-67(95-65)80(84-75(103-111(37,38)91(19,20)21)51-44-52-76(84)104-112(39,40)92(22,23)24)68-60-58-66(96-68)79(64-56-54-62(77)94-64)83-73(101-109(33,34)89(13,14)15)49-43-50-74(83)102-110(35,36)90(16,17)18;/h41-60H,1-40H3;/q-2;+2. The van der Waals surface area contributed by atoms with Crippen LogP contribution in [0.2, 0.25) is 145 Å². The topological polar surface area (TPSA) is 128 Å². The Hall–Kier alpha value is -5.76. The van der Waals surface area contributed by atoms with Gasteiger partial charge in [0.15, 0.2) is 0 Å². The van der Waals surface area contributed by atoms with Crippen LogP contribution in [-0.4, -0.2) is 76.5 Å². The molecule has 113 heavy (non-hydrogen) atoms. The van der Waals surface area contributed by atoms with Crippen molar-refractivity contribution in [3.63, 3.8) is 0 Å². The number of nitrogens with zero attached hydrogens (tertiary/aromatic N) is 4. The summed E-state index contributed by atoms with van der Waals surface area (Å²) in [5.74, 6) is 5.62. The van der Waals surface area contributed by atoms with Crippen LogP contribution in [0.1, 0.15) is 189 Å². The predicted molar refractivity (Wildman–Crippen MR) is 501 cm³/mol. The molecule has 8 bridgehead atoms. The van der Waals surface area contributed by atoms with E-state index in [4.69, 9.17) is 55.3 Å². The van der Waals surface area contributed by atoms with E-state index in [-0.39, 0.29) is 59.8 Å². The fraction of sp³-hybridized carbons (Fsp3) is 0.522. The fourth-order valence-electron chi connectivity index (χ4n) is 11.2. The van der Waals surface area contributed by atoms with Crippen molar-refractivity contribution in [2.45, 2.75) is 311 Å². The van der Waals surface area contributed by atoms with Gasteiger partial charge in [0.2, 0.25) is 0 Å². The van der Waals surface area contributed by atoms with Crippen LogP contribution >= 0.6 is 0 Å². The minimum atomic E-state index is -2.65. The zero-order chi connectivity index (χ0) is 84.5. The molecule has 0 aliphatic carbocycles. The molecular weight excluding hydrogens is 1580 g/mol.